The molecule has 0 aliphatic heterocycles. The van der Waals surface area contributed by atoms with Gasteiger partial charge in [-0.25, -0.2) is 24.3 Å². The number of hydrogen-bond acceptors (Lipinski definition) is 2. The molecule has 2 aromatic carbocycles. The molecule has 0 heterocycles. The molecule has 2 rings (SSSR count). The maximum atomic E-state index is 9.87. The van der Waals surface area contributed by atoms with Crippen LogP contribution in [-0.2, 0) is 17.1 Å². The van der Waals surface area contributed by atoms with Gasteiger partial charge in [0.1, 0.15) is 0 Å². The summed E-state index contributed by atoms with van der Waals surface area (Å²) in [5, 5.41) is 0. The Bertz CT molecular complexity index is 322. The third-order valence-corrected chi connectivity index (χ3v) is 1.65. The molecule has 0 atom stereocenters. The quantitative estimate of drug-likeness (QED) is 0.460. The van der Waals surface area contributed by atoms with Crippen LogP contribution in [0.15, 0.2) is 48.5 Å². The van der Waals surface area contributed by atoms with Gasteiger partial charge >= 0.3 is 17.1 Å². The summed E-state index contributed by atoms with van der Waals surface area (Å²) in [6.07, 6.45) is 1.67. The summed E-state index contributed by atoms with van der Waals surface area (Å²) in [6.45, 7) is 0. The molecular weight excluding hydrogens is 232 g/mol. The fourth-order valence-electron chi connectivity index (χ4n) is 0.935. The molecule has 3 heteroatoms. The molecule has 0 aromatic heterocycles. The van der Waals surface area contributed by atoms with Crippen molar-refractivity contribution in [3.05, 3.63) is 59.7 Å². The first-order valence-electron chi connectivity index (χ1n) is 4.20. The van der Waals surface area contributed by atoms with Crippen molar-refractivity contribution in [2.24, 2.45) is 0 Å². The van der Waals surface area contributed by atoms with Crippen LogP contribution in [0.3, 0.4) is 0 Å². The molecule has 0 amide bonds. The van der Waals surface area contributed by atoms with Gasteiger partial charge in [-0.05, 0) is 0 Å². The van der Waals surface area contributed by atoms with Crippen molar-refractivity contribution in [2.45, 2.75) is 0 Å². The number of carbonyl (C=O) groups is 2. The smallest absolute Gasteiger partial charge is 0.312 e. The van der Waals surface area contributed by atoms with E-state index in [2.05, 4.69) is 0 Å². The van der Waals surface area contributed by atoms with E-state index >= 15 is 0 Å². The van der Waals surface area contributed by atoms with E-state index in [9.17, 15) is 9.59 Å². The maximum absolute atomic E-state index is 9.87. The van der Waals surface area contributed by atoms with Gasteiger partial charge in [0, 0.05) is 0 Å². The Morgan fingerprint density at radius 2 is 0.933 bits per heavy atom. The van der Waals surface area contributed by atoms with E-state index in [0.29, 0.717) is 0 Å². The number of aldehydes is 2. The number of rotatable bonds is 2. The van der Waals surface area contributed by atoms with E-state index in [1.54, 1.807) is 24.3 Å². The van der Waals surface area contributed by atoms with Crippen LogP contribution >= 0.6 is 0 Å². The molecule has 2 aromatic rings. The second kappa shape index (κ2) is 7.92. The summed E-state index contributed by atoms with van der Waals surface area (Å²) in [4.78, 5) is 19.7. The first-order chi connectivity index (χ1) is 6.86. The predicted octanol–water partition coefficient (Wildman–Crippen LogP) is 2.43. The minimum atomic E-state index is 0. The van der Waals surface area contributed by atoms with Crippen molar-refractivity contribution in [3.63, 3.8) is 0 Å². The molecular formula is C12H10FeO2. The summed E-state index contributed by atoms with van der Waals surface area (Å²) in [5.74, 6) is 0. The summed E-state index contributed by atoms with van der Waals surface area (Å²) in [5.41, 5.74) is 1.50. The summed E-state index contributed by atoms with van der Waals surface area (Å²) < 4.78 is 0. The standard InChI is InChI=1S/2C6H5O.Fe/c2*7-5-6-3-1-2-4-6;/h2*1-5H;/q2*-1;+2. The van der Waals surface area contributed by atoms with Crippen LogP contribution in [0.5, 0.6) is 0 Å². The summed E-state index contributed by atoms with van der Waals surface area (Å²) >= 11 is 0. The Morgan fingerprint density at radius 3 is 1.07 bits per heavy atom. The van der Waals surface area contributed by atoms with Crippen molar-refractivity contribution in [2.75, 3.05) is 0 Å². The topological polar surface area (TPSA) is 34.1 Å². The number of hydrogen-bond donors (Lipinski definition) is 0. The van der Waals surface area contributed by atoms with Gasteiger partial charge in [-0.15, -0.1) is 0 Å². The van der Waals surface area contributed by atoms with E-state index in [1.165, 1.54) is 0 Å². The molecule has 0 unspecified atom stereocenters. The van der Waals surface area contributed by atoms with Gasteiger partial charge in [-0.1, -0.05) is 11.1 Å². The SMILES string of the molecule is O=C[c-]1cccc1.O=C[c-]1cccc1.[Fe+2]. The fourth-order valence-corrected chi connectivity index (χ4v) is 0.935. The van der Waals surface area contributed by atoms with E-state index in [4.69, 9.17) is 0 Å². The van der Waals surface area contributed by atoms with Crippen molar-refractivity contribution in [1.29, 1.82) is 0 Å². The van der Waals surface area contributed by atoms with Gasteiger partial charge in [-0.2, -0.15) is 24.3 Å². The zero-order valence-electron chi connectivity index (χ0n) is 7.94. The average molecular weight is 242 g/mol. The van der Waals surface area contributed by atoms with Gasteiger partial charge in [-0.3, -0.25) is 0 Å². The van der Waals surface area contributed by atoms with Crippen molar-refractivity contribution < 1.29 is 26.7 Å². The zero-order valence-corrected chi connectivity index (χ0v) is 9.05. The minimum absolute atomic E-state index is 0. The second-order valence-corrected chi connectivity index (χ2v) is 2.67. The Labute approximate surface area is 99.1 Å². The molecule has 0 saturated heterocycles. The zero-order chi connectivity index (χ0) is 10.2. The summed E-state index contributed by atoms with van der Waals surface area (Å²) in [7, 11) is 0. The van der Waals surface area contributed by atoms with Crippen molar-refractivity contribution >= 4 is 12.6 Å². The van der Waals surface area contributed by atoms with Gasteiger partial charge < -0.3 is 9.59 Å². The monoisotopic (exact) mass is 242 g/mol. The Kier molecular flexibility index (Phi) is 7.16. The largest absolute Gasteiger partial charge is 2.00 e. The third kappa shape index (κ3) is 5.11. The Balaban J connectivity index is 0.000000245. The fraction of sp³-hybridized carbons (Fsp3) is 0. The van der Waals surface area contributed by atoms with Crippen LogP contribution in [0.25, 0.3) is 0 Å². The van der Waals surface area contributed by atoms with E-state index in [-0.39, 0.29) is 17.1 Å². The van der Waals surface area contributed by atoms with Crippen molar-refractivity contribution in [3.8, 4) is 0 Å². The van der Waals surface area contributed by atoms with E-state index in [0.717, 1.165) is 23.7 Å². The van der Waals surface area contributed by atoms with Gasteiger partial charge in [0.25, 0.3) is 0 Å². The number of carbonyl (C=O) groups excluding carboxylic acids is 2. The molecule has 0 saturated carbocycles. The van der Waals surface area contributed by atoms with Crippen LogP contribution < -0.4 is 0 Å². The molecule has 15 heavy (non-hydrogen) atoms. The molecule has 0 aliphatic carbocycles. The predicted molar refractivity (Wildman–Crippen MR) is 54.8 cm³/mol. The van der Waals surface area contributed by atoms with E-state index in [1.807, 2.05) is 24.3 Å². The van der Waals surface area contributed by atoms with Crippen LogP contribution in [0, 0.1) is 0 Å². The first kappa shape index (κ1) is 13.6. The second-order valence-electron chi connectivity index (χ2n) is 2.67. The molecule has 0 bridgehead atoms. The van der Waals surface area contributed by atoms with Gasteiger partial charge in [0.05, 0.1) is 12.6 Å². The molecule has 78 valence electrons. The maximum Gasteiger partial charge on any atom is 2.00 e. The third-order valence-electron chi connectivity index (χ3n) is 1.65. The van der Waals surface area contributed by atoms with Crippen LogP contribution in [0.4, 0.5) is 0 Å². The van der Waals surface area contributed by atoms with Gasteiger partial charge in [0.15, 0.2) is 0 Å². The Hall–Kier alpha value is -1.44. The van der Waals surface area contributed by atoms with E-state index < -0.39 is 0 Å². The molecule has 0 radical (unpaired) electrons. The molecule has 2 nitrogen and oxygen atoms in total. The van der Waals surface area contributed by atoms with Gasteiger partial charge in [0.2, 0.25) is 0 Å². The summed E-state index contributed by atoms with van der Waals surface area (Å²) in [6, 6.07) is 14.4. The first-order valence-corrected chi connectivity index (χ1v) is 4.20. The van der Waals surface area contributed by atoms with Crippen molar-refractivity contribution in [1.82, 2.24) is 0 Å². The van der Waals surface area contributed by atoms with Crippen LogP contribution in [0.2, 0.25) is 0 Å². The molecule has 0 aliphatic rings. The van der Waals surface area contributed by atoms with Crippen LogP contribution in [-0.4, -0.2) is 12.6 Å². The normalized spacial score (nSPS) is 8.00. The minimum Gasteiger partial charge on any atom is -0.312 e. The van der Waals surface area contributed by atoms with Crippen LogP contribution in [0.1, 0.15) is 20.7 Å². The molecule has 0 N–H and O–H groups in total. The molecule has 0 fully saturated rings. The average Bonchev–Trinajstić information content (AvgIpc) is 2.92. The molecule has 0 spiro atoms. The Morgan fingerprint density at radius 1 is 0.667 bits per heavy atom.